The molecule has 1 heterocycles. The van der Waals surface area contributed by atoms with Crippen LogP contribution in [0.3, 0.4) is 0 Å². The quantitative estimate of drug-likeness (QED) is 0.550. The second-order valence-electron chi connectivity index (χ2n) is 7.83. The van der Waals surface area contributed by atoms with Crippen molar-refractivity contribution in [3.05, 3.63) is 0 Å². The molecule has 3 atom stereocenters. The van der Waals surface area contributed by atoms with Gasteiger partial charge in [-0.1, -0.05) is 47.0 Å². The Morgan fingerprint density at radius 2 is 1.88 bits per heavy atom. The van der Waals surface area contributed by atoms with Crippen LogP contribution in [0, 0.1) is 11.8 Å². The number of hydrogen-bond acceptors (Lipinski definition) is 3. The number of likely N-dealkylation sites (tertiary alicyclic amines) is 1. The molecule has 1 aliphatic rings. The highest BCUT2D eigenvalue weighted by atomic mass is 16.2. The van der Waals surface area contributed by atoms with Crippen molar-refractivity contribution in [1.82, 2.24) is 10.2 Å². The Morgan fingerprint density at radius 1 is 1.19 bits per heavy atom. The summed E-state index contributed by atoms with van der Waals surface area (Å²) < 4.78 is 0. The van der Waals surface area contributed by atoms with E-state index >= 15 is 0 Å². The van der Waals surface area contributed by atoms with Crippen LogP contribution in [-0.2, 0) is 14.4 Å². The first-order chi connectivity index (χ1) is 12.3. The summed E-state index contributed by atoms with van der Waals surface area (Å²) in [7, 11) is 0. The molecule has 6 nitrogen and oxygen atoms in total. The van der Waals surface area contributed by atoms with Gasteiger partial charge >= 0.3 is 0 Å². The summed E-state index contributed by atoms with van der Waals surface area (Å²) in [6.45, 7) is 8.84. The van der Waals surface area contributed by atoms with Crippen molar-refractivity contribution in [3.8, 4) is 0 Å². The maximum atomic E-state index is 13.0. The smallest absolute Gasteiger partial charge is 0.245 e. The molecule has 1 aliphatic heterocycles. The molecule has 0 aliphatic carbocycles. The first-order valence-corrected chi connectivity index (χ1v) is 10.2. The van der Waals surface area contributed by atoms with Crippen LogP contribution in [0.1, 0.15) is 79.1 Å². The van der Waals surface area contributed by atoms with Crippen molar-refractivity contribution in [1.29, 1.82) is 0 Å². The van der Waals surface area contributed by atoms with E-state index in [2.05, 4.69) is 19.2 Å². The monoisotopic (exact) mass is 367 g/mol. The zero-order chi connectivity index (χ0) is 19.7. The van der Waals surface area contributed by atoms with E-state index in [1.807, 2.05) is 18.7 Å². The second kappa shape index (κ2) is 11.2. The molecule has 0 aromatic carbocycles. The van der Waals surface area contributed by atoms with Crippen LogP contribution in [-0.4, -0.2) is 41.2 Å². The summed E-state index contributed by atoms with van der Waals surface area (Å²) in [4.78, 5) is 39.1. The number of carbonyl (C=O) groups is 3. The molecule has 3 N–H and O–H groups in total. The lowest BCUT2D eigenvalue weighted by Gasteiger charge is -2.31. The summed E-state index contributed by atoms with van der Waals surface area (Å²) in [5, 5.41) is 2.93. The van der Waals surface area contributed by atoms with Crippen LogP contribution in [0.4, 0.5) is 0 Å². The molecular formula is C20H37N3O3. The zero-order valence-electron chi connectivity index (χ0n) is 16.9. The summed E-state index contributed by atoms with van der Waals surface area (Å²) in [5.74, 6) is -1.15. The molecule has 0 radical (unpaired) electrons. The first kappa shape index (κ1) is 22.5. The molecule has 0 bridgehead atoms. The van der Waals surface area contributed by atoms with Gasteiger partial charge in [0, 0.05) is 24.9 Å². The number of amides is 3. The predicted octanol–water partition coefficient (Wildman–Crippen LogP) is 2.60. The van der Waals surface area contributed by atoms with Crippen LogP contribution >= 0.6 is 0 Å². The van der Waals surface area contributed by atoms with Gasteiger partial charge in [0.05, 0.1) is 0 Å². The standard InChI is InChI=1S/C20H37N3O3/c1-5-7-8-10-15(13-17(21)24)19(25)22-18(14(3)4)20(26)23-12-9-11-16(23)6-2/h14-16,18H,5-13H2,1-4H3,(H2,21,24)(H,22,25). The van der Waals surface area contributed by atoms with Crippen molar-refractivity contribution in [2.45, 2.75) is 91.1 Å². The third-order valence-corrected chi connectivity index (χ3v) is 5.34. The molecule has 150 valence electrons. The van der Waals surface area contributed by atoms with E-state index in [4.69, 9.17) is 5.73 Å². The number of hydrogen-bond donors (Lipinski definition) is 2. The van der Waals surface area contributed by atoms with Gasteiger partial charge in [0.15, 0.2) is 0 Å². The van der Waals surface area contributed by atoms with Crippen molar-refractivity contribution < 1.29 is 14.4 Å². The van der Waals surface area contributed by atoms with Gasteiger partial charge in [-0.15, -0.1) is 0 Å². The molecule has 1 saturated heterocycles. The van der Waals surface area contributed by atoms with E-state index in [0.29, 0.717) is 6.42 Å². The Kier molecular flexibility index (Phi) is 9.66. The van der Waals surface area contributed by atoms with E-state index in [-0.39, 0.29) is 30.2 Å². The van der Waals surface area contributed by atoms with Gasteiger partial charge in [-0.2, -0.15) is 0 Å². The Bertz CT molecular complexity index is 479. The Balaban J connectivity index is 2.80. The van der Waals surface area contributed by atoms with Crippen molar-refractivity contribution in [2.24, 2.45) is 17.6 Å². The van der Waals surface area contributed by atoms with Gasteiger partial charge in [0.25, 0.3) is 0 Å². The third-order valence-electron chi connectivity index (χ3n) is 5.34. The fourth-order valence-electron chi connectivity index (χ4n) is 3.72. The van der Waals surface area contributed by atoms with Crippen LogP contribution in [0.2, 0.25) is 0 Å². The third kappa shape index (κ3) is 6.61. The molecule has 0 saturated carbocycles. The molecule has 0 aromatic heterocycles. The van der Waals surface area contributed by atoms with Crippen molar-refractivity contribution >= 4 is 17.7 Å². The molecule has 0 aromatic rings. The number of unbranched alkanes of at least 4 members (excludes halogenated alkanes) is 2. The largest absolute Gasteiger partial charge is 0.370 e. The molecule has 1 rings (SSSR count). The number of carbonyl (C=O) groups excluding carboxylic acids is 3. The maximum Gasteiger partial charge on any atom is 0.245 e. The Labute approximate surface area is 158 Å². The van der Waals surface area contributed by atoms with Crippen molar-refractivity contribution in [3.63, 3.8) is 0 Å². The Morgan fingerprint density at radius 3 is 2.42 bits per heavy atom. The average molecular weight is 368 g/mol. The number of nitrogens with two attached hydrogens (primary N) is 1. The van der Waals surface area contributed by atoms with E-state index < -0.39 is 17.9 Å². The first-order valence-electron chi connectivity index (χ1n) is 10.2. The molecule has 6 heteroatoms. The summed E-state index contributed by atoms with van der Waals surface area (Å²) in [6.07, 6.45) is 6.59. The zero-order valence-corrected chi connectivity index (χ0v) is 16.9. The van der Waals surface area contributed by atoms with Crippen LogP contribution in [0.15, 0.2) is 0 Å². The maximum absolute atomic E-state index is 13.0. The second-order valence-corrected chi connectivity index (χ2v) is 7.83. The summed E-state index contributed by atoms with van der Waals surface area (Å²) in [6, 6.07) is -0.275. The minimum atomic E-state index is -0.545. The van der Waals surface area contributed by atoms with Gasteiger partial charge in [0.1, 0.15) is 6.04 Å². The molecule has 0 spiro atoms. The molecule has 3 amide bonds. The van der Waals surface area contributed by atoms with Crippen molar-refractivity contribution in [2.75, 3.05) is 6.54 Å². The van der Waals surface area contributed by atoms with Gasteiger partial charge in [-0.3, -0.25) is 14.4 Å². The molecule has 1 fully saturated rings. The SMILES string of the molecule is CCCCCC(CC(N)=O)C(=O)NC(C(=O)N1CCCC1CC)C(C)C. The van der Waals surface area contributed by atoms with Crippen LogP contribution in [0.25, 0.3) is 0 Å². The lowest BCUT2D eigenvalue weighted by molar-refractivity contribution is -0.139. The van der Waals surface area contributed by atoms with Gasteiger partial charge < -0.3 is 16.0 Å². The van der Waals surface area contributed by atoms with Gasteiger partial charge in [0.2, 0.25) is 17.7 Å². The average Bonchev–Trinajstić information content (AvgIpc) is 3.06. The van der Waals surface area contributed by atoms with E-state index in [1.165, 1.54) is 0 Å². The highest BCUT2D eigenvalue weighted by molar-refractivity contribution is 5.90. The lowest BCUT2D eigenvalue weighted by atomic mass is 9.94. The highest BCUT2D eigenvalue weighted by Crippen LogP contribution is 2.23. The summed E-state index contributed by atoms with van der Waals surface area (Å²) >= 11 is 0. The van der Waals surface area contributed by atoms with E-state index in [1.54, 1.807) is 0 Å². The highest BCUT2D eigenvalue weighted by Gasteiger charge is 2.35. The van der Waals surface area contributed by atoms with Crippen LogP contribution in [0.5, 0.6) is 0 Å². The summed E-state index contributed by atoms with van der Waals surface area (Å²) in [5.41, 5.74) is 5.33. The van der Waals surface area contributed by atoms with E-state index in [9.17, 15) is 14.4 Å². The van der Waals surface area contributed by atoms with Gasteiger partial charge in [-0.05, 0) is 31.6 Å². The normalized spacial score (nSPS) is 19.4. The van der Waals surface area contributed by atoms with E-state index in [0.717, 1.165) is 45.1 Å². The van der Waals surface area contributed by atoms with Crippen LogP contribution < -0.4 is 11.1 Å². The molecular weight excluding hydrogens is 330 g/mol. The predicted molar refractivity (Wildman–Crippen MR) is 103 cm³/mol. The fraction of sp³-hybridized carbons (Fsp3) is 0.850. The fourth-order valence-corrected chi connectivity index (χ4v) is 3.72. The number of nitrogens with one attached hydrogen (secondary N) is 1. The number of primary amides is 1. The van der Waals surface area contributed by atoms with Gasteiger partial charge in [-0.25, -0.2) is 0 Å². The number of rotatable bonds is 11. The lowest BCUT2D eigenvalue weighted by Crippen LogP contribution is -2.53. The molecule has 26 heavy (non-hydrogen) atoms. The number of nitrogens with zero attached hydrogens (tertiary/aromatic N) is 1. The topological polar surface area (TPSA) is 92.5 Å². The minimum Gasteiger partial charge on any atom is -0.370 e. The molecule has 3 unspecified atom stereocenters. The Hall–Kier alpha value is -1.59. The minimum absolute atomic E-state index is 0.00378.